The summed E-state index contributed by atoms with van der Waals surface area (Å²) in [5, 5.41) is 29.0. The molecule has 1 aliphatic rings. The molecule has 0 saturated carbocycles. The van der Waals surface area contributed by atoms with Crippen LogP contribution in [0, 0.1) is 10.1 Å². The highest BCUT2D eigenvalue weighted by Gasteiger charge is 2.40. The van der Waals surface area contributed by atoms with Crippen molar-refractivity contribution in [3.8, 4) is 0 Å². The van der Waals surface area contributed by atoms with Gasteiger partial charge < -0.3 is 15.1 Å². The molecule has 1 fully saturated rings. The zero-order valence-electron chi connectivity index (χ0n) is 10.6. The summed E-state index contributed by atoms with van der Waals surface area (Å²) in [5.41, 5.74) is -0.597. The molecule has 1 saturated heterocycles. The van der Waals surface area contributed by atoms with Gasteiger partial charge in [0.25, 0.3) is 11.6 Å². The number of aliphatic hydroxyl groups excluding tert-OH is 1. The minimum atomic E-state index is -1.25. The van der Waals surface area contributed by atoms with Crippen molar-refractivity contribution in [3.05, 3.63) is 38.9 Å². The Kier molecular flexibility index (Phi) is 4.10. The van der Waals surface area contributed by atoms with Gasteiger partial charge in [-0.2, -0.15) is 0 Å². The SMILES string of the molecule is O=C(O)[C@@H]1C[C@H](O)CN1C(=O)c1cccc([N+](=O)[O-])c1Cl. The second-order valence-electron chi connectivity index (χ2n) is 4.60. The van der Waals surface area contributed by atoms with Crippen molar-refractivity contribution in [1.29, 1.82) is 0 Å². The Bertz CT molecular complexity index is 620. The first-order valence-electron chi connectivity index (χ1n) is 5.97. The summed E-state index contributed by atoms with van der Waals surface area (Å²) < 4.78 is 0. The van der Waals surface area contributed by atoms with Crippen LogP contribution in [0.15, 0.2) is 18.2 Å². The van der Waals surface area contributed by atoms with Crippen molar-refractivity contribution < 1.29 is 24.7 Å². The molecule has 1 amide bonds. The maximum Gasteiger partial charge on any atom is 0.326 e. The molecule has 2 N–H and O–H groups in total. The van der Waals surface area contributed by atoms with Crippen molar-refractivity contribution >= 4 is 29.2 Å². The summed E-state index contributed by atoms with van der Waals surface area (Å²) in [6.07, 6.45) is -1.04. The normalized spacial score (nSPS) is 21.3. The molecule has 0 unspecified atom stereocenters. The average molecular weight is 315 g/mol. The maximum absolute atomic E-state index is 12.3. The van der Waals surface area contributed by atoms with Crippen LogP contribution >= 0.6 is 11.6 Å². The lowest BCUT2D eigenvalue weighted by atomic mass is 10.1. The molecule has 1 aliphatic heterocycles. The van der Waals surface area contributed by atoms with E-state index in [0.717, 1.165) is 11.0 Å². The molecule has 1 aromatic carbocycles. The van der Waals surface area contributed by atoms with Crippen molar-refractivity contribution in [2.75, 3.05) is 6.54 Å². The van der Waals surface area contributed by atoms with Crippen molar-refractivity contribution in [3.63, 3.8) is 0 Å². The predicted octanol–water partition coefficient (Wildman–Crippen LogP) is 0.908. The number of aliphatic carboxylic acids is 1. The number of hydrogen-bond acceptors (Lipinski definition) is 5. The lowest BCUT2D eigenvalue weighted by Gasteiger charge is -2.21. The molecule has 2 atom stereocenters. The van der Waals surface area contributed by atoms with Crippen LogP contribution in [0.5, 0.6) is 0 Å². The number of carbonyl (C=O) groups is 2. The molecule has 0 spiro atoms. The second-order valence-corrected chi connectivity index (χ2v) is 4.97. The molecule has 112 valence electrons. The number of β-amino-alcohol motifs (C(OH)–C–C–N with tert-alkyl or cyclic N) is 1. The number of carbonyl (C=O) groups excluding carboxylic acids is 1. The van der Waals surface area contributed by atoms with Gasteiger partial charge in [0.2, 0.25) is 0 Å². The lowest BCUT2D eigenvalue weighted by Crippen LogP contribution is -2.40. The van der Waals surface area contributed by atoms with E-state index < -0.39 is 34.6 Å². The Balaban J connectivity index is 2.38. The number of benzene rings is 1. The standard InChI is InChI=1S/C12H11ClN2O6/c13-10-7(2-1-3-8(10)15(20)21)11(17)14-5-6(16)4-9(14)12(18)19/h1-3,6,9,16H,4-5H2,(H,18,19)/t6-,9-/m0/s1. The number of aliphatic hydroxyl groups is 1. The van der Waals surface area contributed by atoms with Crippen LogP contribution in [-0.2, 0) is 4.79 Å². The fraction of sp³-hybridized carbons (Fsp3) is 0.333. The van der Waals surface area contributed by atoms with Crippen LogP contribution in [0.3, 0.4) is 0 Å². The Morgan fingerprint density at radius 1 is 1.43 bits per heavy atom. The third-order valence-electron chi connectivity index (χ3n) is 3.23. The van der Waals surface area contributed by atoms with Gasteiger partial charge in [0, 0.05) is 19.0 Å². The van der Waals surface area contributed by atoms with Crippen molar-refractivity contribution in [1.82, 2.24) is 4.90 Å². The summed E-state index contributed by atoms with van der Waals surface area (Å²) in [7, 11) is 0. The van der Waals surface area contributed by atoms with Gasteiger partial charge in [-0.25, -0.2) is 4.79 Å². The summed E-state index contributed by atoms with van der Waals surface area (Å²) in [5.74, 6) is -2.01. The van der Waals surface area contributed by atoms with Gasteiger partial charge in [0.1, 0.15) is 11.1 Å². The molecule has 0 bridgehead atoms. The van der Waals surface area contributed by atoms with Crippen molar-refractivity contribution in [2.24, 2.45) is 0 Å². The van der Waals surface area contributed by atoms with Gasteiger partial charge in [-0.15, -0.1) is 0 Å². The van der Waals surface area contributed by atoms with Crippen LogP contribution in [0.2, 0.25) is 5.02 Å². The molecular formula is C12H11ClN2O6. The van der Waals surface area contributed by atoms with E-state index in [9.17, 15) is 24.8 Å². The summed E-state index contributed by atoms with van der Waals surface area (Å²) in [6, 6.07) is 2.54. The number of nitro groups is 1. The number of amides is 1. The number of nitro benzene ring substituents is 1. The number of rotatable bonds is 3. The highest BCUT2D eigenvalue weighted by atomic mass is 35.5. The summed E-state index contributed by atoms with van der Waals surface area (Å²) in [4.78, 5) is 34.5. The highest BCUT2D eigenvalue weighted by molar-refractivity contribution is 6.35. The van der Waals surface area contributed by atoms with E-state index in [0.29, 0.717) is 0 Å². The Morgan fingerprint density at radius 3 is 2.67 bits per heavy atom. The smallest absolute Gasteiger partial charge is 0.326 e. The van der Waals surface area contributed by atoms with Crippen LogP contribution in [0.4, 0.5) is 5.69 Å². The highest BCUT2D eigenvalue weighted by Crippen LogP contribution is 2.30. The zero-order valence-corrected chi connectivity index (χ0v) is 11.4. The Morgan fingerprint density at radius 2 is 2.10 bits per heavy atom. The fourth-order valence-corrected chi connectivity index (χ4v) is 2.53. The molecular weight excluding hydrogens is 304 g/mol. The average Bonchev–Trinajstić information content (AvgIpc) is 2.80. The number of likely N-dealkylation sites (tertiary alicyclic amines) is 1. The summed E-state index contributed by atoms with van der Waals surface area (Å²) >= 11 is 5.84. The first-order valence-corrected chi connectivity index (χ1v) is 6.35. The van der Waals surface area contributed by atoms with Crippen LogP contribution < -0.4 is 0 Å². The van der Waals surface area contributed by atoms with Gasteiger partial charge in [-0.3, -0.25) is 14.9 Å². The first-order chi connectivity index (χ1) is 9.82. The van der Waals surface area contributed by atoms with Gasteiger partial charge in [-0.05, 0) is 6.07 Å². The summed E-state index contributed by atoms with van der Waals surface area (Å²) in [6.45, 7) is -0.158. The zero-order chi connectivity index (χ0) is 15.7. The maximum atomic E-state index is 12.3. The molecule has 0 aromatic heterocycles. The van der Waals surface area contributed by atoms with Gasteiger partial charge in [0.05, 0.1) is 16.6 Å². The van der Waals surface area contributed by atoms with Crippen molar-refractivity contribution in [2.45, 2.75) is 18.6 Å². The Labute approximate surface area is 123 Å². The fourth-order valence-electron chi connectivity index (χ4n) is 2.25. The molecule has 8 nitrogen and oxygen atoms in total. The molecule has 1 aromatic rings. The third-order valence-corrected chi connectivity index (χ3v) is 3.63. The lowest BCUT2D eigenvalue weighted by molar-refractivity contribution is -0.384. The monoisotopic (exact) mass is 314 g/mol. The number of carboxylic acid groups (broad SMARTS) is 1. The third kappa shape index (κ3) is 2.81. The van der Waals surface area contributed by atoms with Gasteiger partial charge in [-0.1, -0.05) is 17.7 Å². The van der Waals surface area contributed by atoms with Gasteiger partial charge >= 0.3 is 5.97 Å². The van der Waals surface area contributed by atoms with E-state index in [1.54, 1.807) is 0 Å². The number of carboxylic acids is 1. The van der Waals surface area contributed by atoms with E-state index in [4.69, 9.17) is 16.7 Å². The van der Waals surface area contributed by atoms with Crippen LogP contribution in [0.1, 0.15) is 16.8 Å². The van der Waals surface area contributed by atoms with E-state index in [-0.39, 0.29) is 23.6 Å². The molecule has 21 heavy (non-hydrogen) atoms. The van der Waals surface area contributed by atoms with Crippen LogP contribution in [-0.4, -0.2) is 50.6 Å². The topological polar surface area (TPSA) is 121 Å². The second kappa shape index (κ2) is 5.66. The first kappa shape index (κ1) is 15.2. The Hall–Kier alpha value is -2.19. The minimum Gasteiger partial charge on any atom is -0.480 e. The van der Waals surface area contributed by atoms with E-state index in [2.05, 4.69) is 0 Å². The molecule has 2 rings (SSSR count). The quantitative estimate of drug-likeness (QED) is 0.631. The number of halogens is 1. The molecule has 1 heterocycles. The molecule has 9 heteroatoms. The predicted molar refractivity (Wildman–Crippen MR) is 71.2 cm³/mol. The largest absolute Gasteiger partial charge is 0.480 e. The van der Waals surface area contributed by atoms with E-state index >= 15 is 0 Å². The van der Waals surface area contributed by atoms with Crippen LogP contribution in [0.25, 0.3) is 0 Å². The van der Waals surface area contributed by atoms with E-state index in [1.807, 2.05) is 0 Å². The number of nitrogens with zero attached hydrogens (tertiary/aromatic N) is 2. The molecule has 0 radical (unpaired) electrons. The number of hydrogen-bond donors (Lipinski definition) is 2. The minimum absolute atomic E-state index is 0.0897. The van der Waals surface area contributed by atoms with Gasteiger partial charge in [0.15, 0.2) is 0 Å². The molecule has 0 aliphatic carbocycles. The van der Waals surface area contributed by atoms with E-state index in [1.165, 1.54) is 12.1 Å².